The van der Waals surface area contributed by atoms with Gasteiger partial charge in [0.05, 0.1) is 20.2 Å². The van der Waals surface area contributed by atoms with E-state index < -0.39 is 0 Å². The number of aryl methyl sites for hydroxylation is 1. The summed E-state index contributed by atoms with van der Waals surface area (Å²) in [5.41, 5.74) is 8.06. The van der Waals surface area contributed by atoms with Gasteiger partial charge in [-0.05, 0) is 12.1 Å². The van der Waals surface area contributed by atoms with Crippen molar-refractivity contribution in [3.8, 4) is 0 Å². The molecule has 74 valence electrons. The fraction of sp³-hybridized carbons (Fsp3) is 0.300. The van der Waals surface area contributed by atoms with Gasteiger partial charge in [-0.3, -0.25) is 5.73 Å². The van der Waals surface area contributed by atoms with Crippen molar-refractivity contribution < 1.29 is 9.67 Å². The predicted octanol–water partition coefficient (Wildman–Crippen LogP) is 0.0403. The third-order valence-electron chi connectivity index (χ3n) is 2.48. The number of hydrogen-bond acceptors (Lipinski definition) is 2. The third kappa shape index (κ3) is 1.15. The van der Waals surface area contributed by atoms with Crippen LogP contribution in [-0.2, 0) is 13.6 Å². The maximum atomic E-state index is 8.93. The second kappa shape index (κ2) is 3.31. The quantitative estimate of drug-likeness (QED) is 0.660. The first-order valence-electron chi connectivity index (χ1n) is 4.59. The van der Waals surface area contributed by atoms with Gasteiger partial charge >= 0.3 is 5.95 Å². The molecule has 1 aromatic heterocycles. The van der Waals surface area contributed by atoms with Gasteiger partial charge in [-0.2, -0.15) is 0 Å². The zero-order chi connectivity index (χ0) is 10.1. The predicted molar refractivity (Wildman–Crippen MR) is 54.6 cm³/mol. The molecule has 1 aromatic carbocycles. The molecule has 0 aliphatic heterocycles. The van der Waals surface area contributed by atoms with Crippen LogP contribution in [0.4, 0.5) is 5.95 Å². The van der Waals surface area contributed by atoms with Gasteiger partial charge < -0.3 is 5.11 Å². The van der Waals surface area contributed by atoms with E-state index in [1.54, 1.807) is 0 Å². The molecule has 0 bridgehead atoms. The summed E-state index contributed by atoms with van der Waals surface area (Å²) in [6, 6.07) is 7.96. The Labute approximate surface area is 82.2 Å². The monoisotopic (exact) mass is 192 g/mol. The second-order valence-corrected chi connectivity index (χ2v) is 3.28. The Bertz CT molecular complexity index is 462. The summed E-state index contributed by atoms with van der Waals surface area (Å²) in [6.07, 6.45) is 0. The fourth-order valence-corrected chi connectivity index (χ4v) is 1.74. The smallest absolute Gasteiger partial charge is 0.355 e. The number of imidazole rings is 1. The Morgan fingerprint density at radius 2 is 2.14 bits per heavy atom. The number of nitrogen functional groups attached to an aromatic ring is 1. The number of aliphatic hydroxyl groups is 1. The van der Waals surface area contributed by atoms with Gasteiger partial charge in [0.2, 0.25) is 0 Å². The molecule has 1 heterocycles. The minimum Gasteiger partial charge on any atom is -0.393 e. The first kappa shape index (κ1) is 9.02. The first-order valence-corrected chi connectivity index (χ1v) is 4.59. The molecule has 0 fully saturated rings. The van der Waals surface area contributed by atoms with Crippen LogP contribution >= 0.6 is 0 Å². The van der Waals surface area contributed by atoms with Crippen LogP contribution in [0.3, 0.4) is 0 Å². The van der Waals surface area contributed by atoms with Crippen LogP contribution in [0.1, 0.15) is 0 Å². The zero-order valence-corrected chi connectivity index (χ0v) is 8.14. The highest BCUT2D eigenvalue weighted by Crippen LogP contribution is 2.14. The Balaban J connectivity index is 2.74. The van der Waals surface area contributed by atoms with Crippen LogP contribution in [-0.4, -0.2) is 16.3 Å². The maximum absolute atomic E-state index is 8.93. The Morgan fingerprint density at radius 1 is 1.43 bits per heavy atom. The summed E-state index contributed by atoms with van der Waals surface area (Å²) in [5, 5.41) is 8.93. The highest BCUT2D eigenvalue weighted by Gasteiger charge is 2.16. The van der Waals surface area contributed by atoms with E-state index in [-0.39, 0.29) is 6.61 Å². The van der Waals surface area contributed by atoms with Crippen molar-refractivity contribution in [1.82, 2.24) is 4.57 Å². The molecular formula is C10H14N3O+. The van der Waals surface area contributed by atoms with Crippen LogP contribution < -0.4 is 10.3 Å². The number of para-hydroxylation sites is 2. The van der Waals surface area contributed by atoms with Crippen molar-refractivity contribution >= 4 is 17.0 Å². The number of anilines is 1. The highest BCUT2D eigenvalue weighted by molar-refractivity contribution is 5.73. The van der Waals surface area contributed by atoms with Crippen LogP contribution in [0.2, 0.25) is 0 Å². The number of aliphatic hydroxyl groups excluding tert-OH is 1. The van der Waals surface area contributed by atoms with Gasteiger partial charge in [-0.15, -0.1) is 0 Å². The highest BCUT2D eigenvalue weighted by atomic mass is 16.3. The largest absolute Gasteiger partial charge is 0.393 e. The lowest BCUT2D eigenvalue weighted by atomic mass is 10.3. The second-order valence-electron chi connectivity index (χ2n) is 3.28. The molecule has 0 saturated heterocycles. The summed E-state index contributed by atoms with van der Waals surface area (Å²) < 4.78 is 3.83. The molecule has 0 atom stereocenters. The molecule has 4 heteroatoms. The number of nitrogens with zero attached hydrogens (tertiary/aromatic N) is 2. The number of benzene rings is 1. The fourth-order valence-electron chi connectivity index (χ4n) is 1.74. The molecule has 0 aliphatic carbocycles. The molecule has 0 aliphatic rings. The molecule has 3 N–H and O–H groups in total. The number of hydrogen-bond donors (Lipinski definition) is 2. The van der Waals surface area contributed by atoms with Crippen molar-refractivity contribution in [2.75, 3.05) is 12.3 Å². The van der Waals surface area contributed by atoms with Gasteiger partial charge in [0.15, 0.2) is 0 Å². The number of aromatic nitrogens is 2. The van der Waals surface area contributed by atoms with E-state index in [1.165, 1.54) is 0 Å². The van der Waals surface area contributed by atoms with Crippen LogP contribution in [0.5, 0.6) is 0 Å². The summed E-state index contributed by atoms with van der Waals surface area (Å²) >= 11 is 0. The first-order chi connectivity index (χ1) is 6.75. The molecule has 0 unspecified atom stereocenters. The molecule has 0 amide bonds. The van der Waals surface area contributed by atoms with Gasteiger partial charge in [0, 0.05) is 0 Å². The summed E-state index contributed by atoms with van der Waals surface area (Å²) in [6.45, 7) is 0.635. The van der Waals surface area contributed by atoms with Crippen molar-refractivity contribution in [2.45, 2.75) is 6.54 Å². The van der Waals surface area contributed by atoms with E-state index >= 15 is 0 Å². The van der Waals surface area contributed by atoms with E-state index in [2.05, 4.69) is 0 Å². The number of fused-ring (bicyclic) bond motifs is 1. The summed E-state index contributed by atoms with van der Waals surface area (Å²) in [7, 11) is 1.92. The van der Waals surface area contributed by atoms with E-state index in [0.29, 0.717) is 12.5 Å². The topological polar surface area (TPSA) is 55.1 Å². The van der Waals surface area contributed by atoms with Crippen molar-refractivity contribution in [1.29, 1.82) is 0 Å². The van der Waals surface area contributed by atoms with Crippen molar-refractivity contribution in [3.63, 3.8) is 0 Å². The minimum absolute atomic E-state index is 0.100. The molecular weight excluding hydrogens is 178 g/mol. The third-order valence-corrected chi connectivity index (χ3v) is 2.48. The van der Waals surface area contributed by atoms with Gasteiger partial charge in [-0.25, -0.2) is 9.13 Å². The Hall–Kier alpha value is -1.55. The van der Waals surface area contributed by atoms with Gasteiger partial charge in [0.25, 0.3) is 0 Å². The lowest BCUT2D eigenvalue weighted by Gasteiger charge is -1.96. The Kier molecular flexibility index (Phi) is 2.13. The van der Waals surface area contributed by atoms with Crippen molar-refractivity contribution in [2.24, 2.45) is 7.05 Å². The molecule has 0 radical (unpaired) electrons. The normalized spacial score (nSPS) is 11.0. The Morgan fingerprint density at radius 3 is 2.86 bits per heavy atom. The van der Waals surface area contributed by atoms with Crippen LogP contribution in [0, 0.1) is 0 Å². The van der Waals surface area contributed by atoms with Crippen LogP contribution in [0.25, 0.3) is 11.0 Å². The molecule has 0 spiro atoms. The number of nitrogens with two attached hydrogens (primary N) is 1. The van der Waals surface area contributed by atoms with Crippen molar-refractivity contribution in [3.05, 3.63) is 24.3 Å². The lowest BCUT2D eigenvalue weighted by Crippen LogP contribution is -2.31. The average Bonchev–Trinajstić information content (AvgIpc) is 2.45. The minimum atomic E-state index is 0.100. The van der Waals surface area contributed by atoms with E-state index in [1.807, 2.05) is 40.4 Å². The molecule has 0 saturated carbocycles. The average molecular weight is 192 g/mol. The molecule has 2 rings (SSSR count). The molecule has 2 aromatic rings. The van der Waals surface area contributed by atoms with E-state index in [0.717, 1.165) is 11.0 Å². The van der Waals surface area contributed by atoms with E-state index in [9.17, 15) is 0 Å². The summed E-state index contributed by atoms with van der Waals surface area (Å²) in [5.74, 6) is 0.667. The summed E-state index contributed by atoms with van der Waals surface area (Å²) in [4.78, 5) is 0. The lowest BCUT2D eigenvalue weighted by molar-refractivity contribution is -0.630. The number of rotatable bonds is 2. The van der Waals surface area contributed by atoms with Gasteiger partial charge in [-0.1, -0.05) is 12.1 Å². The van der Waals surface area contributed by atoms with Gasteiger partial charge in [0.1, 0.15) is 11.0 Å². The SMILES string of the molecule is C[n+]1c(N)n(CCO)c2ccccc21. The van der Waals surface area contributed by atoms with E-state index in [4.69, 9.17) is 10.8 Å². The van der Waals surface area contributed by atoms with Crippen LogP contribution in [0.15, 0.2) is 24.3 Å². The standard InChI is InChI=1S/C10H13N3O/c1-12-8-4-2-3-5-9(8)13(6-7-14)10(12)11/h2-5,11,14H,6-7H2,1H3/p+1. The molecule has 4 nitrogen and oxygen atoms in total. The zero-order valence-electron chi connectivity index (χ0n) is 8.14. The molecule has 14 heavy (non-hydrogen) atoms. The maximum Gasteiger partial charge on any atom is 0.355 e.